The van der Waals surface area contributed by atoms with E-state index in [9.17, 15) is 29.3 Å². The fraction of sp³-hybridized carbons (Fsp3) is 0.158. The fourth-order valence-electron chi connectivity index (χ4n) is 2.91. The lowest BCUT2D eigenvalue weighted by Crippen LogP contribution is -2.32. The number of nitrogens with zero attached hydrogens (tertiary/aromatic N) is 2. The van der Waals surface area contributed by atoms with Crippen LogP contribution in [0.1, 0.15) is 27.1 Å². The normalized spacial score (nSPS) is 12.5. The quantitative estimate of drug-likeness (QED) is 0.139. The smallest absolute Gasteiger partial charge is 0.308 e. The van der Waals surface area contributed by atoms with E-state index < -0.39 is 41.6 Å². The highest BCUT2D eigenvalue weighted by Gasteiger charge is 2.41. The minimum atomic E-state index is -0.881. The maximum absolute atomic E-state index is 12.6. The van der Waals surface area contributed by atoms with Gasteiger partial charge in [-0.05, 0) is 6.07 Å². The molecule has 0 saturated carbocycles. The van der Waals surface area contributed by atoms with Crippen LogP contribution in [0.4, 0.5) is 11.4 Å². The number of nitrogens with one attached hydrogen (secondary N) is 1. The van der Waals surface area contributed by atoms with Crippen molar-refractivity contribution in [3.8, 4) is 0 Å². The minimum absolute atomic E-state index is 0.141. The summed E-state index contributed by atoms with van der Waals surface area (Å²) in [5.74, 6) is -3.24. The highest BCUT2D eigenvalue weighted by atomic mass is 35.5. The third-order valence-corrected chi connectivity index (χ3v) is 6.23. The molecule has 0 spiro atoms. The molecule has 0 unspecified atom stereocenters. The molecular formula is C19H11Cl4N3O7. The fourth-order valence-corrected chi connectivity index (χ4v) is 3.93. The number of benzene rings is 2. The predicted molar refractivity (Wildman–Crippen MR) is 119 cm³/mol. The van der Waals surface area contributed by atoms with Gasteiger partial charge >= 0.3 is 5.97 Å². The van der Waals surface area contributed by atoms with Gasteiger partial charge in [-0.1, -0.05) is 52.5 Å². The van der Waals surface area contributed by atoms with E-state index in [0.717, 1.165) is 11.0 Å². The average Bonchev–Trinajstić information content (AvgIpc) is 3.03. The number of esters is 1. The van der Waals surface area contributed by atoms with Gasteiger partial charge in [0.15, 0.2) is 6.61 Å². The number of hydrogen-bond donors (Lipinski definition) is 1. The van der Waals surface area contributed by atoms with Crippen molar-refractivity contribution >= 4 is 81.5 Å². The first-order valence-electron chi connectivity index (χ1n) is 8.95. The second-order valence-corrected chi connectivity index (χ2v) is 8.05. The van der Waals surface area contributed by atoms with Crippen LogP contribution in [0, 0.1) is 10.1 Å². The number of hydrogen-bond acceptors (Lipinski definition) is 7. The Bertz CT molecular complexity index is 1170. The van der Waals surface area contributed by atoms with Gasteiger partial charge in [-0.25, -0.2) is 0 Å². The molecule has 2 aromatic rings. The van der Waals surface area contributed by atoms with Gasteiger partial charge in [-0.15, -0.1) is 0 Å². The van der Waals surface area contributed by atoms with Gasteiger partial charge in [-0.2, -0.15) is 0 Å². The molecule has 0 saturated heterocycles. The van der Waals surface area contributed by atoms with Crippen molar-refractivity contribution in [3.05, 3.63) is 65.6 Å². The monoisotopic (exact) mass is 533 g/mol. The molecule has 1 aliphatic rings. The van der Waals surface area contributed by atoms with Crippen molar-refractivity contribution in [3.63, 3.8) is 0 Å². The standard InChI is InChI=1S/C19H11Cl4N3O7/c20-14-12-13(15(21)17(23)16(14)22)19(30)25(18(12)29)5-4-11(28)33-7-10(27)24-8-2-1-3-9(6-8)26(31)32/h1-3,6H,4-5,7H2,(H,24,27). The maximum atomic E-state index is 12.6. The van der Waals surface area contributed by atoms with Crippen LogP contribution in [-0.4, -0.2) is 46.7 Å². The number of ether oxygens (including phenoxy) is 1. The molecule has 1 aliphatic heterocycles. The van der Waals surface area contributed by atoms with Gasteiger partial charge < -0.3 is 10.1 Å². The van der Waals surface area contributed by atoms with Gasteiger partial charge in [-0.3, -0.25) is 34.2 Å². The molecule has 2 aromatic carbocycles. The molecule has 14 heteroatoms. The number of imide groups is 1. The first-order valence-corrected chi connectivity index (χ1v) is 10.5. The zero-order valence-corrected chi connectivity index (χ0v) is 19.2. The van der Waals surface area contributed by atoms with E-state index in [1.807, 2.05) is 0 Å². The highest BCUT2D eigenvalue weighted by molar-refractivity contribution is 6.55. The number of anilines is 1. The SMILES string of the molecule is O=C(COC(=O)CCN1C(=O)c2c(Cl)c(Cl)c(Cl)c(Cl)c2C1=O)Nc1cccc([N+](=O)[O-])c1. The summed E-state index contributed by atoms with van der Waals surface area (Å²) in [6.45, 7) is -1.06. The van der Waals surface area contributed by atoms with Crippen LogP contribution in [0.5, 0.6) is 0 Å². The van der Waals surface area contributed by atoms with E-state index in [1.54, 1.807) is 0 Å². The number of amides is 3. The first kappa shape index (κ1) is 24.7. The van der Waals surface area contributed by atoms with Crippen LogP contribution >= 0.6 is 46.4 Å². The summed E-state index contributed by atoms with van der Waals surface area (Å²) in [6, 6.07) is 5.18. The van der Waals surface area contributed by atoms with Crippen molar-refractivity contribution in [2.45, 2.75) is 6.42 Å². The van der Waals surface area contributed by atoms with Crippen molar-refractivity contribution in [1.29, 1.82) is 0 Å². The van der Waals surface area contributed by atoms with Crippen LogP contribution in [-0.2, 0) is 14.3 Å². The molecular weight excluding hydrogens is 524 g/mol. The number of halogens is 4. The van der Waals surface area contributed by atoms with Crippen molar-refractivity contribution < 1.29 is 28.8 Å². The molecule has 172 valence electrons. The summed E-state index contributed by atoms with van der Waals surface area (Å²) < 4.78 is 4.82. The maximum Gasteiger partial charge on any atom is 0.308 e. The minimum Gasteiger partial charge on any atom is -0.456 e. The van der Waals surface area contributed by atoms with Crippen LogP contribution in [0.15, 0.2) is 24.3 Å². The van der Waals surface area contributed by atoms with Gasteiger partial charge in [0.05, 0.1) is 42.6 Å². The second-order valence-electron chi connectivity index (χ2n) is 6.53. The van der Waals surface area contributed by atoms with Crippen molar-refractivity contribution in [2.75, 3.05) is 18.5 Å². The molecule has 3 amide bonds. The third-order valence-electron chi connectivity index (χ3n) is 4.43. The van der Waals surface area contributed by atoms with Gasteiger partial charge in [0.1, 0.15) is 0 Å². The molecule has 33 heavy (non-hydrogen) atoms. The van der Waals surface area contributed by atoms with E-state index in [2.05, 4.69) is 5.32 Å². The number of carbonyl (C=O) groups excluding carboxylic acids is 4. The number of nitro groups is 1. The number of nitro benzene ring substituents is 1. The van der Waals surface area contributed by atoms with Gasteiger partial charge in [0.25, 0.3) is 23.4 Å². The lowest BCUT2D eigenvalue weighted by molar-refractivity contribution is -0.384. The Kier molecular flexibility index (Phi) is 7.43. The molecule has 0 atom stereocenters. The van der Waals surface area contributed by atoms with Crippen LogP contribution in [0.2, 0.25) is 20.1 Å². The largest absolute Gasteiger partial charge is 0.456 e. The molecule has 1 heterocycles. The summed E-state index contributed by atoms with van der Waals surface area (Å²) in [5, 5.41) is 12.3. The van der Waals surface area contributed by atoms with E-state index in [0.29, 0.717) is 0 Å². The first-order chi connectivity index (χ1) is 15.5. The van der Waals surface area contributed by atoms with Crippen molar-refractivity contribution in [1.82, 2.24) is 4.90 Å². The molecule has 0 aliphatic carbocycles. The Hall–Kier alpha value is -2.92. The van der Waals surface area contributed by atoms with Gasteiger partial charge in [0, 0.05) is 24.4 Å². The molecule has 0 radical (unpaired) electrons. The molecule has 10 nitrogen and oxygen atoms in total. The summed E-state index contributed by atoms with van der Waals surface area (Å²) in [4.78, 5) is 60.0. The lowest BCUT2D eigenvalue weighted by atomic mass is 10.1. The molecule has 1 N–H and O–H groups in total. The van der Waals surface area contributed by atoms with E-state index in [4.69, 9.17) is 51.1 Å². The molecule has 0 bridgehead atoms. The van der Waals surface area contributed by atoms with Crippen LogP contribution < -0.4 is 5.32 Å². The molecule has 0 fully saturated rings. The Morgan fingerprint density at radius 3 is 2.12 bits per heavy atom. The van der Waals surface area contributed by atoms with E-state index in [1.165, 1.54) is 18.2 Å². The average molecular weight is 535 g/mol. The molecule has 0 aromatic heterocycles. The number of non-ortho nitro benzene ring substituents is 1. The Morgan fingerprint density at radius 1 is 1.00 bits per heavy atom. The van der Waals surface area contributed by atoms with Crippen LogP contribution in [0.25, 0.3) is 0 Å². The summed E-state index contributed by atoms with van der Waals surface area (Å²) in [7, 11) is 0. The third kappa shape index (κ3) is 5.03. The van der Waals surface area contributed by atoms with Crippen molar-refractivity contribution in [2.24, 2.45) is 0 Å². The Labute approximate surface area is 205 Å². The lowest BCUT2D eigenvalue weighted by Gasteiger charge is -2.13. The van der Waals surface area contributed by atoms with E-state index >= 15 is 0 Å². The zero-order valence-electron chi connectivity index (χ0n) is 16.2. The Balaban J connectivity index is 1.56. The highest BCUT2D eigenvalue weighted by Crippen LogP contribution is 2.44. The second kappa shape index (κ2) is 9.92. The van der Waals surface area contributed by atoms with E-state index in [-0.39, 0.29) is 49.1 Å². The van der Waals surface area contributed by atoms with Gasteiger partial charge in [0.2, 0.25) is 0 Å². The Morgan fingerprint density at radius 2 is 1.58 bits per heavy atom. The number of rotatable bonds is 7. The predicted octanol–water partition coefficient (Wildman–Crippen LogP) is 4.38. The summed E-state index contributed by atoms with van der Waals surface area (Å²) >= 11 is 23.9. The number of carbonyl (C=O) groups is 4. The van der Waals surface area contributed by atoms with Crippen LogP contribution in [0.3, 0.4) is 0 Å². The summed E-state index contributed by atoms with van der Waals surface area (Å²) in [5.41, 5.74) is -0.521. The summed E-state index contributed by atoms with van der Waals surface area (Å²) in [6.07, 6.45) is -0.424. The molecule has 3 rings (SSSR count). The topological polar surface area (TPSA) is 136 Å². The zero-order chi connectivity index (χ0) is 24.4. The number of fused-ring (bicyclic) bond motifs is 1.